The molecule has 0 aliphatic heterocycles. The second kappa shape index (κ2) is 9.80. The Labute approximate surface area is 176 Å². The van der Waals surface area contributed by atoms with E-state index in [0.29, 0.717) is 28.4 Å². The zero-order chi connectivity index (χ0) is 22.3. The molecule has 0 saturated carbocycles. The molecule has 0 saturated heterocycles. The maximum Gasteiger partial charge on any atom is 0.433 e. The normalized spacial score (nSPS) is 11.5. The fourth-order valence-corrected chi connectivity index (χ4v) is 2.67. The summed E-state index contributed by atoms with van der Waals surface area (Å²) < 4.78 is 49.2. The number of carbonyl (C=O) groups is 1. The summed E-state index contributed by atoms with van der Waals surface area (Å²) in [5.41, 5.74) is 0.173. The number of rotatable bonds is 8. The largest absolute Gasteiger partial charge is 0.486 e. The van der Waals surface area contributed by atoms with Crippen LogP contribution in [0.4, 0.5) is 13.2 Å². The van der Waals surface area contributed by atoms with Crippen LogP contribution < -0.4 is 9.47 Å². The zero-order valence-corrected chi connectivity index (χ0v) is 16.2. The van der Waals surface area contributed by atoms with Gasteiger partial charge >= 0.3 is 12.1 Å². The molecule has 3 rings (SSSR count). The molecule has 0 aliphatic rings. The summed E-state index contributed by atoms with van der Waals surface area (Å²) in [5, 5.41) is 8.92. The fourth-order valence-electron chi connectivity index (χ4n) is 2.67. The first kappa shape index (κ1) is 21.9. The van der Waals surface area contributed by atoms with Gasteiger partial charge in [0.15, 0.2) is 11.5 Å². The molecule has 2 aromatic carbocycles. The first-order valence-electron chi connectivity index (χ1n) is 9.21. The highest BCUT2D eigenvalue weighted by Gasteiger charge is 2.31. The number of ether oxygens (including phenoxy) is 2. The molecule has 0 atom stereocenters. The summed E-state index contributed by atoms with van der Waals surface area (Å²) in [6.07, 6.45) is -0.192. The Kier molecular flexibility index (Phi) is 6.92. The van der Waals surface area contributed by atoms with E-state index in [4.69, 9.17) is 14.6 Å². The predicted molar refractivity (Wildman–Crippen MR) is 108 cm³/mol. The van der Waals surface area contributed by atoms with Gasteiger partial charge in [0, 0.05) is 6.20 Å². The van der Waals surface area contributed by atoms with Gasteiger partial charge in [-0.15, -0.1) is 0 Å². The molecule has 1 aromatic heterocycles. The summed E-state index contributed by atoms with van der Waals surface area (Å²) in [7, 11) is 0. The van der Waals surface area contributed by atoms with Crippen molar-refractivity contribution in [3.63, 3.8) is 0 Å². The highest BCUT2D eigenvalue weighted by Crippen LogP contribution is 2.32. The van der Waals surface area contributed by atoms with Crippen molar-refractivity contribution in [2.45, 2.75) is 12.6 Å². The standard InChI is InChI=1S/C23H18F3NO4/c24-23(25,26)21-11-10-16(15-27-21)6-4-12-30-19-8-1-2-9-20(19)31-18-7-3-5-17(13-18)14-22(28)29/h1-11,13,15H,12,14H2,(H,28,29). The molecule has 5 nitrogen and oxygen atoms in total. The number of carboxylic acids is 1. The third kappa shape index (κ3) is 6.60. The van der Waals surface area contributed by atoms with Gasteiger partial charge in [0.05, 0.1) is 6.42 Å². The number of hydrogen-bond donors (Lipinski definition) is 1. The number of carboxylic acid groups (broad SMARTS) is 1. The highest BCUT2D eigenvalue weighted by atomic mass is 19.4. The van der Waals surface area contributed by atoms with Crippen molar-refractivity contribution in [1.82, 2.24) is 4.98 Å². The number of pyridine rings is 1. The molecule has 0 aliphatic carbocycles. The number of para-hydroxylation sites is 2. The van der Waals surface area contributed by atoms with E-state index in [1.807, 2.05) is 0 Å². The maximum atomic E-state index is 12.5. The molecule has 0 radical (unpaired) electrons. The van der Waals surface area contributed by atoms with E-state index in [0.717, 1.165) is 12.3 Å². The number of alkyl halides is 3. The van der Waals surface area contributed by atoms with Gasteiger partial charge in [-0.3, -0.25) is 9.78 Å². The Balaban J connectivity index is 1.62. The van der Waals surface area contributed by atoms with E-state index in [1.165, 1.54) is 6.07 Å². The van der Waals surface area contributed by atoms with Crippen LogP contribution in [0.1, 0.15) is 16.8 Å². The van der Waals surface area contributed by atoms with Gasteiger partial charge in [-0.05, 0) is 47.5 Å². The lowest BCUT2D eigenvalue weighted by atomic mass is 10.1. The van der Waals surface area contributed by atoms with E-state index in [1.54, 1.807) is 60.7 Å². The molecule has 0 unspecified atom stereocenters. The highest BCUT2D eigenvalue weighted by molar-refractivity contribution is 5.70. The van der Waals surface area contributed by atoms with Gasteiger partial charge in [0.1, 0.15) is 18.1 Å². The molecule has 31 heavy (non-hydrogen) atoms. The van der Waals surface area contributed by atoms with Gasteiger partial charge < -0.3 is 14.6 Å². The average Bonchev–Trinajstić information content (AvgIpc) is 2.72. The lowest BCUT2D eigenvalue weighted by Crippen LogP contribution is -2.07. The fraction of sp³-hybridized carbons (Fsp3) is 0.130. The third-order valence-electron chi connectivity index (χ3n) is 4.05. The Morgan fingerprint density at radius 1 is 1.03 bits per heavy atom. The Morgan fingerprint density at radius 3 is 2.48 bits per heavy atom. The molecule has 8 heteroatoms. The first-order chi connectivity index (χ1) is 14.8. The van der Waals surface area contributed by atoms with Gasteiger partial charge in [-0.2, -0.15) is 13.2 Å². The predicted octanol–water partition coefficient (Wildman–Crippen LogP) is 5.61. The second-order valence-corrected chi connectivity index (χ2v) is 6.45. The number of aliphatic carboxylic acids is 1. The lowest BCUT2D eigenvalue weighted by Gasteiger charge is -2.12. The summed E-state index contributed by atoms with van der Waals surface area (Å²) >= 11 is 0. The summed E-state index contributed by atoms with van der Waals surface area (Å²) in [6.45, 7) is 0.153. The van der Waals surface area contributed by atoms with Crippen LogP contribution >= 0.6 is 0 Å². The van der Waals surface area contributed by atoms with Crippen molar-refractivity contribution in [2.75, 3.05) is 6.61 Å². The van der Waals surface area contributed by atoms with Crippen molar-refractivity contribution < 1.29 is 32.5 Å². The lowest BCUT2D eigenvalue weighted by molar-refractivity contribution is -0.141. The minimum Gasteiger partial charge on any atom is -0.486 e. The van der Waals surface area contributed by atoms with Crippen molar-refractivity contribution in [3.8, 4) is 17.2 Å². The topological polar surface area (TPSA) is 68.7 Å². The Morgan fingerprint density at radius 2 is 1.81 bits per heavy atom. The molecule has 160 valence electrons. The van der Waals surface area contributed by atoms with E-state index in [2.05, 4.69) is 4.98 Å². The maximum absolute atomic E-state index is 12.5. The molecule has 0 fully saturated rings. The van der Waals surface area contributed by atoms with Gasteiger partial charge in [0.25, 0.3) is 0 Å². The molecule has 1 heterocycles. The zero-order valence-electron chi connectivity index (χ0n) is 16.2. The molecule has 0 amide bonds. The van der Waals surface area contributed by atoms with Gasteiger partial charge in [-0.25, -0.2) is 0 Å². The number of benzene rings is 2. The third-order valence-corrected chi connectivity index (χ3v) is 4.05. The molecule has 0 spiro atoms. The van der Waals surface area contributed by atoms with Crippen LogP contribution in [-0.2, 0) is 17.4 Å². The number of halogens is 3. The quantitative estimate of drug-likeness (QED) is 0.504. The van der Waals surface area contributed by atoms with Crippen LogP contribution in [0.5, 0.6) is 17.2 Å². The van der Waals surface area contributed by atoms with E-state index in [-0.39, 0.29) is 13.0 Å². The van der Waals surface area contributed by atoms with Gasteiger partial charge in [0.2, 0.25) is 0 Å². The summed E-state index contributed by atoms with van der Waals surface area (Å²) in [6, 6.07) is 16.0. The second-order valence-electron chi connectivity index (χ2n) is 6.45. The van der Waals surface area contributed by atoms with Crippen LogP contribution in [0.25, 0.3) is 6.08 Å². The van der Waals surface area contributed by atoms with Crippen LogP contribution in [0.3, 0.4) is 0 Å². The number of aromatic nitrogens is 1. The molecule has 0 bridgehead atoms. The molecule has 3 aromatic rings. The van der Waals surface area contributed by atoms with Crippen LogP contribution in [-0.4, -0.2) is 22.7 Å². The molecular formula is C23H18F3NO4. The molecular weight excluding hydrogens is 411 g/mol. The van der Waals surface area contributed by atoms with Crippen molar-refractivity contribution in [1.29, 1.82) is 0 Å². The SMILES string of the molecule is O=C(O)Cc1cccc(Oc2ccccc2OCC=Cc2ccc(C(F)(F)F)nc2)c1. The van der Waals surface area contributed by atoms with E-state index < -0.39 is 17.8 Å². The van der Waals surface area contributed by atoms with E-state index in [9.17, 15) is 18.0 Å². The summed E-state index contributed by atoms with van der Waals surface area (Å²) in [4.78, 5) is 14.3. The van der Waals surface area contributed by atoms with Crippen molar-refractivity contribution in [2.24, 2.45) is 0 Å². The van der Waals surface area contributed by atoms with Crippen molar-refractivity contribution >= 4 is 12.0 Å². The van der Waals surface area contributed by atoms with Crippen LogP contribution in [0.2, 0.25) is 0 Å². The average molecular weight is 429 g/mol. The molecule has 1 N–H and O–H groups in total. The first-order valence-corrected chi connectivity index (χ1v) is 9.21. The Hall–Kier alpha value is -3.81. The van der Waals surface area contributed by atoms with Crippen LogP contribution in [0, 0.1) is 0 Å². The summed E-state index contributed by atoms with van der Waals surface area (Å²) in [5.74, 6) is 0.443. The number of hydrogen-bond acceptors (Lipinski definition) is 4. The van der Waals surface area contributed by atoms with Crippen LogP contribution in [0.15, 0.2) is 72.9 Å². The minimum absolute atomic E-state index is 0.112. The van der Waals surface area contributed by atoms with Gasteiger partial charge in [-0.1, -0.05) is 36.4 Å². The van der Waals surface area contributed by atoms with Crippen molar-refractivity contribution in [3.05, 3.63) is 89.8 Å². The smallest absolute Gasteiger partial charge is 0.433 e. The number of nitrogens with zero attached hydrogens (tertiary/aromatic N) is 1. The Bertz CT molecular complexity index is 1060. The van der Waals surface area contributed by atoms with E-state index >= 15 is 0 Å². The minimum atomic E-state index is -4.47. The monoisotopic (exact) mass is 429 g/mol.